The van der Waals surface area contributed by atoms with Crippen LogP contribution in [-0.2, 0) is 10.0 Å². The molecular formula is C18H20N4O4S2. The van der Waals surface area contributed by atoms with Gasteiger partial charge in [0.05, 0.1) is 36.7 Å². The molecule has 0 atom stereocenters. The molecule has 0 aliphatic carbocycles. The fourth-order valence-electron chi connectivity index (χ4n) is 2.66. The molecule has 0 aliphatic rings. The number of nitrogens with one attached hydrogen (secondary N) is 1. The number of benzene rings is 1. The first-order valence-electron chi connectivity index (χ1n) is 8.20. The molecule has 1 aromatic carbocycles. The van der Waals surface area contributed by atoms with Gasteiger partial charge >= 0.3 is 0 Å². The van der Waals surface area contributed by atoms with Crippen LogP contribution < -0.4 is 19.9 Å². The SMILES string of the molecule is COc1cc(C)c(NS(=O)(=O)c2cc(-c3sc(N)nc3C)ccc2OC)cn1. The number of aromatic nitrogens is 2. The van der Waals surface area contributed by atoms with Gasteiger partial charge in [0.1, 0.15) is 10.6 Å². The zero-order valence-corrected chi connectivity index (χ0v) is 17.4. The molecule has 0 aliphatic heterocycles. The minimum atomic E-state index is -3.94. The summed E-state index contributed by atoms with van der Waals surface area (Å²) in [5, 5.41) is 0.422. The van der Waals surface area contributed by atoms with E-state index in [4.69, 9.17) is 15.2 Å². The summed E-state index contributed by atoms with van der Waals surface area (Å²) < 4.78 is 39.0. The van der Waals surface area contributed by atoms with E-state index < -0.39 is 10.0 Å². The Balaban J connectivity index is 2.05. The number of sulfonamides is 1. The normalized spacial score (nSPS) is 11.3. The second-order valence-electron chi connectivity index (χ2n) is 5.98. The highest BCUT2D eigenvalue weighted by Gasteiger charge is 2.23. The molecule has 3 N–H and O–H groups in total. The van der Waals surface area contributed by atoms with Crippen molar-refractivity contribution in [2.24, 2.45) is 0 Å². The average Bonchev–Trinajstić information content (AvgIpc) is 3.00. The van der Waals surface area contributed by atoms with Crippen molar-refractivity contribution < 1.29 is 17.9 Å². The fourth-order valence-corrected chi connectivity index (χ4v) is 4.80. The summed E-state index contributed by atoms with van der Waals surface area (Å²) in [6.07, 6.45) is 1.41. The first-order chi connectivity index (χ1) is 13.2. The van der Waals surface area contributed by atoms with Crippen molar-refractivity contribution in [2.75, 3.05) is 24.7 Å². The summed E-state index contributed by atoms with van der Waals surface area (Å²) in [6.45, 7) is 3.59. The third-order valence-electron chi connectivity index (χ3n) is 4.07. The maximum atomic E-state index is 13.1. The lowest BCUT2D eigenvalue weighted by Gasteiger charge is -2.14. The molecule has 10 heteroatoms. The summed E-state index contributed by atoms with van der Waals surface area (Å²) in [7, 11) is -1.02. The Bertz CT molecular complexity index is 1130. The summed E-state index contributed by atoms with van der Waals surface area (Å²) in [5.74, 6) is 0.629. The largest absolute Gasteiger partial charge is 0.495 e. The fraction of sp³-hybridized carbons (Fsp3) is 0.222. The highest BCUT2D eigenvalue weighted by molar-refractivity contribution is 7.92. The van der Waals surface area contributed by atoms with Crippen LogP contribution in [0.1, 0.15) is 11.3 Å². The molecular weight excluding hydrogens is 400 g/mol. The van der Waals surface area contributed by atoms with Crippen molar-refractivity contribution in [3.63, 3.8) is 0 Å². The number of hydrogen-bond donors (Lipinski definition) is 2. The third kappa shape index (κ3) is 3.87. The van der Waals surface area contributed by atoms with Crippen molar-refractivity contribution in [2.45, 2.75) is 18.7 Å². The van der Waals surface area contributed by atoms with E-state index in [1.165, 1.54) is 31.8 Å². The number of aryl methyl sites for hydroxylation is 2. The summed E-state index contributed by atoms with van der Waals surface area (Å²) in [5.41, 5.74) is 8.23. The number of ether oxygens (including phenoxy) is 2. The van der Waals surface area contributed by atoms with E-state index in [0.29, 0.717) is 27.8 Å². The van der Waals surface area contributed by atoms with Crippen LogP contribution in [0.5, 0.6) is 11.6 Å². The number of nitrogen functional groups attached to an aromatic ring is 1. The molecule has 148 valence electrons. The van der Waals surface area contributed by atoms with E-state index in [2.05, 4.69) is 14.7 Å². The molecule has 2 heterocycles. The van der Waals surface area contributed by atoms with Crippen LogP contribution in [0.2, 0.25) is 0 Å². The van der Waals surface area contributed by atoms with Crippen molar-refractivity contribution in [1.82, 2.24) is 9.97 Å². The Morgan fingerprint density at radius 2 is 1.89 bits per heavy atom. The molecule has 0 unspecified atom stereocenters. The Labute approximate surface area is 167 Å². The standard InChI is InChI=1S/C18H20N4O4S2/c1-10-7-16(26-4)20-9-13(10)22-28(23,24)15-8-12(5-6-14(15)25-3)17-11(2)21-18(19)27-17/h5-9,22H,1-4H3,(H2,19,21). The molecule has 8 nitrogen and oxygen atoms in total. The Morgan fingerprint density at radius 1 is 1.14 bits per heavy atom. The van der Waals surface area contributed by atoms with Gasteiger partial charge in [-0.1, -0.05) is 11.3 Å². The monoisotopic (exact) mass is 420 g/mol. The molecule has 0 amide bonds. The minimum Gasteiger partial charge on any atom is -0.495 e. The van der Waals surface area contributed by atoms with Crippen molar-refractivity contribution in [3.05, 3.63) is 41.7 Å². The number of hydrogen-bond acceptors (Lipinski definition) is 8. The number of pyridine rings is 1. The number of nitrogens with zero attached hydrogens (tertiary/aromatic N) is 2. The maximum Gasteiger partial charge on any atom is 0.265 e. The van der Waals surface area contributed by atoms with E-state index in [1.54, 1.807) is 31.2 Å². The van der Waals surface area contributed by atoms with Crippen LogP contribution in [0.3, 0.4) is 0 Å². The number of nitrogens with two attached hydrogens (primary N) is 1. The zero-order valence-electron chi connectivity index (χ0n) is 15.8. The third-order valence-corrected chi connectivity index (χ3v) is 6.49. The molecule has 0 saturated carbocycles. The lowest BCUT2D eigenvalue weighted by molar-refractivity contribution is 0.397. The van der Waals surface area contributed by atoms with E-state index in [-0.39, 0.29) is 10.6 Å². The molecule has 0 spiro atoms. The van der Waals surface area contributed by atoms with Gasteiger partial charge in [-0.2, -0.15) is 0 Å². The first kappa shape index (κ1) is 19.9. The van der Waals surface area contributed by atoms with Gasteiger partial charge in [-0.25, -0.2) is 18.4 Å². The Kier molecular flexibility index (Phi) is 5.43. The quantitative estimate of drug-likeness (QED) is 0.629. The summed E-state index contributed by atoms with van der Waals surface area (Å²) >= 11 is 1.30. The van der Waals surface area contributed by atoms with Crippen molar-refractivity contribution >= 4 is 32.2 Å². The highest BCUT2D eigenvalue weighted by atomic mass is 32.2. The Hall–Kier alpha value is -2.85. The predicted octanol–water partition coefficient (Wildman–Crippen LogP) is 3.22. The average molecular weight is 421 g/mol. The van der Waals surface area contributed by atoms with Gasteiger partial charge in [0, 0.05) is 6.07 Å². The molecule has 0 fully saturated rings. The topological polar surface area (TPSA) is 116 Å². The van der Waals surface area contributed by atoms with Crippen LogP contribution in [-0.4, -0.2) is 32.6 Å². The van der Waals surface area contributed by atoms with Crippen LogP contribution in [0, 0.1) is 13.8 Å². The molecule has 28 heavy (non-hydrogen) atoms. The molecule has 3 aromatic rings. The minimum absolute atomic E-state index is 0.00842. The maximum absolute atomic E-state index is 13.1. The van der Waals surface area contributed by atoms with Crippen LogP contribution >= 0.6 is 11.3 Å². The lowest BCUT2D eigenvalue weighted by Crippen LogP contribution is -2.15. The van der Waals surface area contributed by atoms with E-state index >= 15 is 0 Å². The highest BCUT2D eigenvalue weighted by Crippen LogP contribution is 2.36. The summed E-state index contributed by atoms with van der Waals surface area (Å²) in [6, 6.07) is 6.58. The second kappa shape index (κ2) is 7.64. The van der Waals surface area contributed by atoms with Gasteiger partial charge in [-0.15, -0.1) is 0 Å². The van der Waals surface area contributed by atoms with Gasteiger partial charge in [0.25, 0.3) is 10.0 Å². The smallest absolute Gasteiger partial charge is 0.265 e. The van der Waals surface area contributed by atoms with Gasteiger partial charge in [-0.3, -0.25) is 4.72 Å². The molecule has 0 saturated heterocycles. The predicted molar refractivity (Wildman–Crippen MR) is 110 cm³/mol. The second-order valence-corrected chi connectivity index (χ2v) is 8.66. The van der Waals surface area contributed by atoms with Crippen LogP contribution in [0.4, 0.5) is 10.8 Å². The van der Waals surface area contributed by atoms with Gasteiger partial charge in [0.15, 0.2) is 5.13 Å². The number of rotatable bonds is 6. The number of thiazole rings is 1. The molecule has 2 aromatic heterocycles. The Morgan fingerprint density at radius 3 is 2.46 bits per heavy atom. The molecule has 0 radical (unpaired) electrons. The lowest BCUT2D eigenvalue weighted by atomic mass is 10.1. The van der Waals surface area contributed by atoms with E-state index in [1.807, 2.05) is 6.92 Å². The summed E-state index contributed by atoms with van der Waals surface area (Å²) in [4.78, 5) is 9.07. The van der Waals surface area contributed by atoms with Gasteiger partial charge < -0.3 is 15.2 Å². The number of anilines is 2. The van der Waals surface area contributed by atoms with Crippen LogP contribution in [0.25, 0.3) is 10.4 Å². The first-order valence-corrected chi connectivity index (χ1v) is 10.5. The number of methoxy groups -OCH3 is 2. The van der Waals surface area contributed by atoms with Crippen LogP contribution in [0.15, 0.2) is 35.4 Å². The van der Waals surface area contributed by atoms with Gasteiger partial charge in [0.2, 0.25) is 5.88 Å². The molecule has 0 bridgehead atoms. The van der Waals surface area contributed by atoms with E-state index in [0.717, 1.165) is 10.6 Å². The van der Waals surface area contributed by atoms with Crippen molar-refractivity contribution in [1.29, 1.82) is 0 Å². The van der Waals surface area contributed by atoms with Gasteiger partial charge in [-0.05, 0) is 43.2 Å². The van der Waals surface area contributed by atoms with Crippen molar-refractivity contribution in [3.8, 4) is 22.1 Å². The molecule has 3 rings (SSSR count). The zero-order chi connectivity index (χ0) is 20.5. The van der Waals surface area contributed by atoms with E-state index in [9.17, 15) is 8.42 Å².